The van der Waals surface area contributed by atoms with Crippen LogP contribution in [0.4, 0.5) is 5.82 Å². The molecular formula is C29H31Cl2N5O3. The number of carboxylic acid groups (broad SMARTS) is 1. The van der Waals surface area contributed by atoms with E-state index in [-0.39, 0.29) is 12.1 Å². The number of halogens is 2. The van der Waals surface area contributed by atoms with Gasteiger partial charge in [-0.1, -0.05) is 42.3 Å². The van der Waals surface area contributed by atoms with Crippen LogP contribution in [0.5, 0.6) is 5.75 Å². The lowest BCUT2D eigenvalue weighted by atomic mass is 10.0. The number of anilines is 1. The van der Waals surface area contributed by atoms with Crippen molar-refractivity contribution in [3.63, 3.8) is 0 Å². The number of aliphatic carboxylic acids is 1. The van der Waals surface area contributed by atoms with Crippen molar-refractivity contribution in [1.29, 1.82) is 0 Å². The van der Waals surface area contributed by atoms with Crippen molar-refractivity contribution in [3.8, 4) is 17.1 Å². The largest absolute Gasteiger partial charge is 0.494 e. The Hall–Kier alpha value is -3.36. The summed E-state index contributed by atoms with van der Waals surface area (Å²) in [7, 11) is 0. The minimum Gasteiger partial charge on any atom is -0.494 e. The molecule has 3 heterocycles. The maximum atomic E-state index is 11.1. The third-order valence-corrected chi connectivity index (χ3v) is 7.87. The topological polar surface area (TPSA) is 93.4 Å². The monoisotopic (exact) mass is 567 g/mol. The van der Waals surface area contributed by atoms with E-state index in [0.29, 0.717) is 34.6 Å². The molecule has 0 amide bonds. The van der Waals surface area contributed by atoms with Crippen LogP contribution in [0.3, 0.4) is 0 Å². The van der Waals surface area contributed by atoms with Crippen molar-refractivity contribution in [2.75, 3.05) is 18.1 Å². The average molecular weight is 569 g/mol. The van der Waals surface area contributed by atoms with Crippen LogP contribution in [0, 0.1) is 5.92 Å². The third-order valence-electron chi connectivity index (χ3n) is 7.32. The van der Waals surface area contributed by atoms with E-state index < -0.39 is 11.9 Å². The van der Waals surface area contributed by atoms with E-state index in [9.17, 15) is 4.79 Å². The predicted molar refractivity (Wildman–Crippen MR) is 154 cm³/mol. The van der Waals surface area contributed by atoms with Crippen molar-refractivity contribution in [2.24, 2.45) is 5.92 Å². The highest BCUT2D eigenvalue weighted by atomic mass is 35.5. The molecule has 0 radical (unpaired) electrons. The second-order valence-electron chi connectivity index (χ2n) is 10.6. The minimum atomic E-state index is -0.842. The molecule has 1 fully saturated rings. The molecule has 1 unspecified atom stereocenters. The van der Waals surface area contributed by atoms with Gasteiger partial charge in [0.05, 0.1) is 24.1 Å². The van der Waals surface area contributed by atoms with Crippen LogP contribution in [0.15, 0.2) is 48.8 Å². The van der Waals surface area contributed by atoms with Crippen molar-refractivity contribution < 1.29 is 14.6 Å². The predicted octanol–water partition coefficient (Wildman–Crippen LogP) is 6.72. The van der Waals surface area contributed by atoms with Crippen LogP contribution in [0.2, 0.25) is 10.0 Å². The summed E-state index contributed by atoms with van der Waals surface area (Å²) in [6.07, 6.45) is 4.17. The maximum Gasteiger partial charge on any atom is 0.306 e. The second kappa shape index (κ2) is 11.0. The molecule has 1 aliphatic rings. The summed E-state index contributed by atoms with van der Waals surface area (Å²) < 4.78 is 7.83. The molecular weight excluding hydrogens is 537 g/mol. The van der Waals surface area contributed by atoms with Crippen LogP contribution in [0.1, 0.15) is 45.6 Å². The molecule has 1 N–H and O–H groups in total. The number of imidazole rings is 1. The Labute approximate surface area is 237 Å². The van der Waals surface area contributed by atoms with E-state index in [1.165, 1.54) is 0 Å². The Morgan fingerprint density at radius 3 is 2.69 bits per heavy atom. The van der Waals surface area contributed by atoms with E-state index in [0.717, 1.165) is 47.5 Å². The fraction of sp³-hybridized carbons (Fsp3) is 0.379. The highest BCUT2D eigenvalue weighted by Crippen LogP contribution is 2.38. The number of fused-ring (bicyclic) bond motifs is 1. The summed E-state index contributed by atoms with van der Waals surface area (Å²) in [5.41, 5.74) is 3.15. The number of hydrogen-bond acceptors (Lipinski definition) is 6. The molecule has 0 bridgehead atoms. The van der Waals surface area contributed by atoms with Crippen LogP contribution < -0.4 is 9.64 Å². The van der Waals surface area contributed by atoms with Crippen molar-refractivity contribution in [3.05, 3.63) is 64.4 Å². The SMILES string of the molecule is CC(CCOc1ccc(-c2nc3c(N4CCCC4(C)C)ncnc3n2Cc2cccc(Cl)c2)c(Cl)c1)C(=O)O. The minimum absolute atomic E-state index is 0.0348. The number of hydrogen-bond donors (Lipinski definition) is 1. The van der Waals surface area contributed by atoms with Crippen LogP contribution in [-0.2, 0) is 11.3 Å². The fourth-order valence-corrected chi connectivity index (χ4v) is 5.51. The summed E-state index contributed by atoms with van der Waals surface area (Å²) in [5, 5.41) is 10.2. The molecule has 0 aliphatic carbocycles. The van der Waals surface area contributed by atoms with Gasteiger partial charge in [0, 0.05) is 22.7 Å². The van der Waals surface area contributed by atoms with E-state index in [2.05, 4.69) is 28.7 Å². The second-order valence-corrected chi connectivity index (χ2v) is 11.5. The summed E-state index contributed by atoms with van der Waals surface area (Å²) in [4.78, 5) is 27.8. The molecule has 2 aromatic heterocycles. The Balaban J connectivity index is 1.56. The van der Waals surface area contributed by atoms with Gasteiger partial charge in [0.1, 0.15) is 17.9 Å². The molecule has 0 spiro atoms. The number of carbonyl (C=O) groups is 1. The first-order valence-electron chi connectivity index (χ1n) is 13.0. The highest BCUT2D eigenvalue weighted by Gasteiger charge is 2.35. The maximum absolute atomic E-state index is 11.1. The first-order valence-corrected chi connectivity index (χ1v) is 13.8. The van der Waals surface area contributed by atoms with Gasteiger partial charge < -0.3 is 19.3 Å². The molecule has 5 rings (SSSR count). The van der Waals surface area contributed by atoms with Crippen LogP contribution >= 0.6 is 23.2 Å². The van der Waals surface area contributed by atoms with Gasteiger partial charge in [-0.25, -0.2) is 15.0 Å². The summed E-state index contributed by atoms with van der Waals surface area (Å²) in [5.74, 6) is 0.725. The lowest BCUT2D eigenvalue weighted by Crippen LogP contribution is -2.38. The van der Waals surface area contributed by atoms with Crippen molar-refractivity contribution in [1.82, 2.24) is 19.5 Å². The van der Waals surface area contributed by atoms with Gasteiger partial charge >= 0.3 is 5.97 Å². The smallest absolute Gasteiger partial charge is 0.306 e. The standard InChI is InChI=1S/C29H31Cl2N5O3/c1-18(28(37)38)10-13-39-21-8-9-22(23(31)15-21)25-34-24-26(35(25)16-19-6-4-7-20(30)14-19)32-17-33-27(24)36-12-5-11-29(36,2)3/h4,6-9,14-15,17-18H,5,10-13,16H2,1-3H3,(H,37,38). The van der Waals surface area contributed by atoms with E-state index in [1.54, 1.807) is 19.3 Å². The van der Waals surface area contributed by atoms with Gasteiger partial charge in [-0.15, -0.1) is 0 Å². The number of ether oxygens (including phenoxy) is 1. The fourth-order valence-electron chi connectivity index (χ4n) is 5.04. The summed E-state index contributed by atoms with van der Waals surface area (Å²) >= 11 is 13.1. The molecule has 4 aromatic rings. The Morgan fingerprint density at radius 2 is 2.00 bits per heavy atom. The van der Waals surface area contributed by atoms with Gasteiger partial charge in [-0.3, -0.25) is 4.79 Å². The molecule has 1 saturated heterocycles. The number of aromatic nitrogens is 4. The zero-order valence-electron chi connectivity index (χ0n) is 22.2. The van der Waals surface area contributed by atoms with Gasteiger partial charge in [-0.05, 0) is 69.0 Å². The molecule has 204 valence electrons. The van der Waals surface area contributed by atoms with Gasteiger partial charge in [-0.2, -0.15) is 0 Å². The number of rotatable bonds is 9. The first kappa shape index (κ1) is 27.2. The Kier molecular flexibility index (Phi) is 7.69. The molecule has 8 nitrogen and oxygen atoms in total. The molecule has 1 atom stereocenters. The van der Waals surface area contributed by atoms with E-state index in [1.807, 2.05) is 41.0 Å². The third kappa shape index (κ3) is 5.68. The highest BCUT2D eigenvalue weighted by molar-refractivity contribution is 6.33. The van der Waals surface area contributed by atoms with Crippen molar-refractivity contribution >= 4 is 46.2 Å². The van der Waals surface area contributed by atoms with Gasteiger partial charge in [0.25, 0.3) is 0 Å². The number of nitrogens with zero attached hydrogens (tertiary/aromatic N) is 5. The zero-order valence-corrected chi connectivity index (χ0v) is 23.7. The van der Waals surface area contributed by atoms with Crippen LogP contribution in [0.25, 0.3) is 22.6 Å². The normalized spacial score (nSPS) is 15.6. The first-order chi connectivity index (χ1) is 18.6. The average Bonchev–Trinajstić information content (AvgIpc) is 3.43. The molecule has 1 aliphatic heterocycles. The molecule has 0 saturated carbocycles. The number of carboxylic acids is 1. The lowest BCUT2D eigenvalue weighted by Gasteiger charge is -2.32. The van der Waals surface area contributed by atoms with Crippen molar-refractivity contribution in [2.45, 2.75) is 52.1 Å². The Bertz CT molecular complexity index is 1520. The van der Waals surface area contributed by atoms with E-state index >= 15 is 0 Å². The number of benzene rings is 2. The van der Waals surface area contributed by atoms with Gasteiger partial charge in [0.15, 0.2) is 17.0 Å². The van der Waals surface area contributed by atoms with Crippen LogP contribution in [-0.4, -0.2) is 49.3 Å². The molecule has 39 heavy (non-hydrogen) atoms. The molecule has 10 heteroatoms. The Morgan fingerprint density at radius 1 is 1.18 bits per heavy atom. The molecule has 2 aromatic carbocycles. The van der Waals surface area contributed by atoms with Gasteiger partial charge in [0.2, 0.25) is 0 Å². The van der Waals surface area contributed by atoms with E-state index in [4.69, 9.17) is 38.0 Å². The quantitative estimate of drug-likeness (QED) is 0.240. The zero-order chi connectivity index (χ0) is 27.7. The summed E-state index contributed by atoms with van der Waals surface area (Å²) in [6, 6.07) is 13.2. The lowest BCUT2D eigenvalue weighted by molar-refractivity contribution is -0.141. The summed E-state index contributed by atoms with van der Waals surface area (Å²) in [6.45, 7) is 7.79.